The summed E-state index contributed by atoms with van der Waals surface area (Å²) in [5.74, 6) is 0.921. The van der Waals surface area contributed by atoms with Crippen molar-refractivity contribution >= 4 is 11.3 Å². The third-order valence-corrected chi connectivity index (χ3v) is 3.66. The van der Waals surface area contributed by atoms with Crippen LogP contribution < -0.4 is 5.32 Å². The molecule has 2 aromatic rings. The van der Waals surface area contributed by atoms with Gasteiger partial charge in [-0.25, -0.2) is 0 Å². The van der Waals surface area contributed by atoms with Crippen molar-refractivity contribution < 1.29 is 5.11 Å². The topological polar surface area (TPSA) is 58.0 Å². The van der Waals surface area contributed by atoms with Gasteiger partial charge in [0.1, 0.15) is 15.8 Å². The van der Waals surface area contributed by atoms with Crippen LogP contribution in [0.4, 0.5) is 0 Å². The summed E-state index contributed by atoms with van der Waals surface area (Å²) in [4.78, 5) is 0. The van der Waals surface area contributed by atoms with Crippen LogP contribution in [-0.2, 0) is 6.42 Å². The van der Waals surface area contributed by atoms with Crippen molar-refractivity contribution in [2.24, 2.45) is 5.92 Å². The van der Waals surface area contributed by atoms with E-state index in [1.54, 1.807) is 23.5 Å². The monoisotopic (exact) mass is 277 g/mol. The van der Waals surface area contributed by atoms with Gasteiger partial charge in [0.05, 0.1) is 0 Å². The highest BCUT2D eigenvalue weighted by Gasteiger charge is 2.07. The fourth-order valence-corrected chi connectivity index (χ4v) is 2.53. The molecule has 1 aromatic carbocycles. The molecule has 0 saturated heterocycles. The van der Waals surface area contributed by atoms with Crippen molar-refractivity contribution in [1.82, 2.24) is 15.5 Å². The standard InChI is InChI=1S/C14H19N3OS/c1-10(2)9-15-7-6-13-16-17-14(19-13)11-4-3-5-12(18)8-11/h3-5,8,10,15,18H,6-7,9H2,1-2H3. The number of phenolic OH excluding ortho intramolecular Hbond substituents is 1. The highest BCUT2D eigenvalue weighted by molar-refractivity contribution is 7.14. The summed E-state index contributed by atoms with van der Waals surface area (Å²) < 4.78 is 0. The zero-order chi connectivity index (χ0) is 13.7. The van der Waals surface area contributed by atoms with Crippen LogP contribution in [0.1, 0.15) is 18.9 Å². The lowest BCUT2D eigenvalue weighted by Crippen LogP contribution is -2.22. The highest BCUT2D eigenvalue weighted by atomic mass is 32.1. The maximum Gasteiger partial charge on any atom is 0.147 e. The minimum atomic E-state index is 0.257. The maximum atomic E-state index is 9.45. The zero-order valence-electron chi connectivity index (χ0n) is 11.3. The molecule has 2 rings (SSSR count). The SMILES string of the molecule is CC(C)CNCCc1nnc(-c2cccc(O)c2)s1. The Hall–Kier alpha value is -1.46. The van der Waals surface area contributed by atoms with Gasteiger partial charge in [0.2, 0.25) is 0 Å². The van der Waals surface area contributed by atoms with Crippen molar-refractivity contribution in [1.29, 1.82) is 0 Å². The number of nitrogens with one attached hydrogen (secondary N) is 1. The van der Waals surface area contributed by atoms with Gasteiger partial charge in [-0.15, -0.1) is 10.2 Å². The predicted octanol–water partition coefficient (Wildman–Crippen LogP) is 2.70. The molecule has 2 N–H and O–H groups in total. The fourth-order valence-electron chi connectivity index (χ4n) is 1.70. The molecular weight excluding hydrogens is 258 g/mol. The van der Waals surface area contributed by atoms with Crippen LogP contribution in [0.25, 0.3) is 10.6 Å². The lowest BCUT2D eigenvalue weighted by molar-refractivity contribution is 0.475. The first-order valence-electron chi connectivity index (χ1n) is 6.47. The molecule has 4 nitrogen and oxygen atoms in total. The first-order valence-corrected chi connectivity index (χ1v) is 7.29. The number of hydrogen-bond acceptors (Lipinski definition) is 5. The van der Waals surface area contributed by atoms with Gasteiger partial charge in [0.25, 0.3) is 0 Å². The Morgan fingerprint density at radius 2 is 2.16 bits per heavy atom. The van der Waals surface area contributed by atoms with E-state index in [-0.39, 0.29) is 5.75 Å². The fraction of sp³-hybridized carbons (Fsp3) is 0.429. The minimum Gasteiger partial charge on any atom is -0.508 e. The number of aromatic nitrogens is 2. The number of nitrogens with zero attached hydrogens (tertiary/aromatic N) is 2. The smallest absolute Gasteiger partial charge is 0.147 e. The normalized spacial score (nSPS) is 11.1. The van der Waals surface area contributed by atoms with Gasteiger partial charge in [0.15, 0.2) is 0 Å². The third-order valence-electron chi connectivity index (χ3n) is 2.63. The molecule has 0 aliphatic heterocycles. The minimum absolute atomic E-state index is 0.257. The van der Waals surface area contributed by atoms with Crippen LogP contribution in [0, 0.1) is 5.92 Å². The Bertz CT molecular complexity index is 525. The Kier molecular flexibility index (Phi) is 4.87. The molecule has 0 fully saturated rings. The third kappa shape index (κ3) is 4.29. The number of rotatable bonds is 6. The van der Waals surface area contributed by atoms with Gasteiger partial charge in [-0.2, -0.15) is 0 Å². The van der Waals surface area contributed by atoms with Gasteiger partial charge in [-0.3, -0.25) is 0 Å². The molecule has 1 aromatic heterocycles. The van der Waals surface area contributed by atoms with Crippen molar-refractivity contribution in [3.8, 4) is 16.3 Å². The number of phenols is 1. The van der Waals surface area contributed by atoms with Crippen molar-refractivity contribution in [2.75, 3.05) is 13.1 Å². The molecule has 19 heavy (non-hydrogen) atoms. The first-order chi connectivity index (χ1) is 9.15. The van der Waals surface area contributed by atoms with E-state index in [2.05, 4.69) is 29.4 Å². The van der Waals surface area contributed by atoms with E-state index in [0.717, 1.165) is 35.1 Å². The van der Waals surface area contributed by atoms with Crippen LogP contribution >= 0.6 is 11.3 Å². The summed E-state index contributed by atoms with van der Waals surface area (Å²) in [6.07, 6.45) is 0.892. The van der Waals surface area contributed by atoms with E-state index in [9.17, 15) is 5.11 Å². The van der Waals surface area contributed by atoms with E-state index in [4.69, 9.17) is 0 Å². The van der Waals surface area contributed by atoms with Gasteiger partial charge in [-0.05, 0) is 24.6 Å². The van der Waals surface area contributed by atoms with Gasteiger partial charge < -0.3 is 10.4 Å². The molecule has 0 unspecified atom stereocenters. The van der Waals surface area contributed by atoms with E-state index in [1.807, 2.05) is 12.1 Å². The summed E-state index contributed by atoms with van der Waals surface area (Å²) >= 11 is 1.58. The van der Waals surface area contributed by atoms with Crippen molar-refractivity contribution in [3.63, 3.8) is 0 Å². The molecule has 0 bridgehead atoms. The second-order valence-corrected chi connectivity index (χ2v) is 5.96. The molecular formula is C14H19N3OS. The molecule has 5 heteroatoms. The second kappa shape index (κ2) is 6.63. The highest BCUT2D eigenvalue weighted by Crippen LogP contribution is 2.26. The number of hydrogen-bond donors (Lipinski definition) is 2. The zero-order valence-corrected chi connectivity index (χ0v) is 12.1. The van der Waals surface area contributed by atoms with E-state index >= 15 is 0 Å². The Labute approximate surface area is 117 Å². The molecule has 0 radical (unpaired) electrons. The first kappa shape index (κ1) is 14.0. The number of aromatic hydroxyl groups is 1. The molecule has 0 aliphatic rings. The van der Waals surface area contributed by atoms with Crippen LogP contribution in [0.2, 0.25) is 0 Å². The maximum absolute atomic E-state index is 9.45. The lowest BCUT2D eigenvalue weighted by atomic mass is 10.2. The van der Waals surface area contributed by atoms with Gasteiger partial charge in [0, 0.05) is 18.5 Å². The summed E-state index contributed by atoms with van der Waals surface area (Å²) in [5.41, 5.74) is 0.916. The summed E-state index contributed by atoms with van der Waals surface area (Å²) in [6, 6.07) is 7.11. The largest absolute Gasteiger partial charge is 0.508 e. The Morgan fingerprint density at radius 3 is 2.89 bits per heavy atom. The predicted molar refractivity (Wildman–Crippen MR) is 78.4 cm³/mol. The van der Waals surface area contributed by atoms with Crippen molar-refractivity contribution in [2.45, 2.75) is 20.3 Å². The van der Waals surface area contributed by atoms with E-state index in [1.165, 1.54) is 0 Å². The molecule has 0 saturated carbocycles. The Balaban J connectivity index is 1.92. The quantitative estimate of drug-likeness (QED) is 0.797. The van der Waals surface area contributed by atoms with E-state index < -0.39 is 0 Å². The van der Waals surface area contributed by atoms with Crippen LogP contribution in [0.15, 0.2) is 24.3 Å². The molecule has 0 spiro atoms. The second-order valence-electron chi connectivity index (χ2n) is 4.90. The summed E-state index contributed by atoms with van der Waals surface area (Å²) in [7, 11) is 0. The molecule has 0 amide bonds. The van der Waals surface area contributed by atoms with Crippen LogP contribution in [-0.4, -0.2) is 28.4 Å². The van der Waals surface area contributed by atoms with Crippen molar-refractivity contribution in [3.05, 3.63) is 29.3 Å². The average molecular weight is 277 g/mol. The molecule has 0 atom stereocenters. The van der Waals surface area contributed by atoms with Gasteiger partial charge in [-0.1, -0.05) is 37.3 Å². The number of benzene rings is 1. The molecule has 1 heterocycles. The van der Waals surface area contributed by atoms with Gasteiger partial charge >= 0.3 is 0 Å². The van der Waals surface area contributed by atoms with Crippen LogP contribution in [0.5, 0.6) is 5.75 Å². The molecule has 0 aliphatic carbocycles. The van der Waals surface area contributed by atoms with Crippen LogP contribution in [0.3, 0.4) is 0 Å². The van der Waals surface area contributed by atoms with E-state index in [0.29, 0.717) is 5.92 Å². The lowest BCUT2D eigenvalue weighted by Gasteiger charge is -2.05. The average Bonchev–Trinajstić information content (AvgIpc) is 2.83. The molecule has 102 valence electrons. The Morgan fingerprint density at radius 1 is 1.32 bits per heavy atom. The summed E-state index contributed by atoms with van der Waals surface area (Å²) in [5, 5.41) is 23.1. The summed E-state index contributed by atoms with van der Waals surface area (Å²) in [6.45, 7) is 6.33.